The van der Waals surface area contributed by atoms with E-state index in [4.69, 9.17) is 11.6 Å². The van der Waals surface area contributed by atoms with Crippen LogP contribution >= 0.6 is 22.9 Å². The molecule has 0 spiro atoms. The average molecular weight is 399 g/mol. The van der Waals surface area contributed by atoms with Gasteiger partial charge in [0.1, 0.15) is 4.90 Å². The maximum atomic E-state index is 12.1. The van der Waals surface area contributed by atoms with E-state index in [0.717, 1.165) is 10.7 Å². The Morgan fingerprint density at radius 3 is 2.88 bits per heavy atom. The van der Waals surface area contributed by atoms with Gasteiger partial charge in [-0.1, -0.05) is 23.7 Å². The van der Waals surface area contributed by atoms with Gasteiger partial charge in [0.15, 0.2) is 4.96 Å². The van der Waals surface area contributed by atoms with E-state index in [-0.39, 0.29) is 28.8 Å². The number of amides is 1. The number of hydrogen-bond donors (Lipinski definition) is 2. The van der Waals surface area contributed by atoms with E-state index in [1.165, 1.54) is 23.5 Å². The van der Waals surface area contributed by atoms with Gasteiger partial charge in [-0.05, 0) is 12.1 Å². The van der Waals surface area contributed by atoms with Gasteiger partial charge in [-0.2, -0.15) is 0 Å². The van der Waals surface area contributed by atoms with Crippen LogP contribution in [0.1, 0.15) is 12.1 Å². The van der Waals surface area contributed by atoms with Gasteiger partial charge in [0.25, 0.3) is 0 Å². The zero-order chi connectivity index (χ0) is 17.9. The molecule has 1 amide bonds. The Kier molecular flexibility index (Phi) is 5.38. The van der Waals surface area contributed by atoms with Crippen molar-refractivity contribution in [1.29, 1.82) is 0 Å². The number of benzene rings is 1. The summed E-state index contributed by atoms with van der Waals surface area (Å²) in [7, 11) is -3.74. The average Bonchev–Trinajstić information content (AvgIpc) is 3.14. The van der Waals surface area contributed by atoms with Crippen molar-refractivity contribution >= 4 is 43.8 Å². The summed E-state index contributed by atoms with van der Waals surface area (Å²) in [6.07, 6.45) is 3.75. The molecule has 3 aromatic rings. The first-order valence-corrected chi connectivity index (χ1v) is 10.1. The van der Waals surface area contributed by atoms with Crippen LogP contribution in [-0.2, 0) is 21.4 Å². The van der Waals surface area contributed by atoms with Crippen LogP contribution in [0, 0.1) is 0 Å². The highest BCUT2D eigenvalue weighted by Crippen LogP contribution is 2.19. The number of nitrogens with one attached hydrogen (secondary N) is 2. The highest BCUT2D eigenvalue weighted by molar-refractivity contribution is 7.89. The van der Waals surface area contributed by atoms with Crippen molar-refractivity contribution in [1.82, 2.24) is 19.4 Å². The van der Waals surface area contributed by atoms with E-state index >= 15 is 0 Å². The Morgan fingerprint density at radius 2 is 2.12 bits per heavy atom. The third kappa shape index (κ3) is 4.37. The number of carbonyl (C=O) groups excluding carboxylic acids is 1. The number of halogens is 1. The Labute approximate surface area is 153 Å². The fraction of sp³-hybridized carbons (Fsp3) is 0.200. The van der Waals surface area contributed by atoms with Gasteiger partial charge < -0.3 is 5.32 Å². The number of aromatic nitrogens is 2. The molecule has 0 aliphatic rings. The molecule has 0 atom stereocenters. The van der Waals surface area contributed by atoms with Gasteiger partial charge >= 0.3 is 0 Å². The first-order valence-electron chi connectivity index (χ1n) is 7.38. The van der Waals surface area contributed by atoms with Crippen molar-refractivity contribution in [2.45, 2.75) is 17.9 Å². The molecule has 2 heterocycles. The van der Waals surface area contributed by atoms with Crippen LogP contribution in [0.15, 0.2) is 46.9 Å². The molecule has 2 N–H and O–H groups in total. The molecule has 0 saturated carbocycles. The molecule has 7 nitrogen and oxygen atoms in total. The summed E-state index contributed by atoms with van der Waals surface area (Å²) in [5.74, 6) is -0.266. The molecule has 25 heavy (non-hydrogen) atoms. The van der Waals surface area contributed by atoms with Crippen LogP contribution in [0.3, 0.4) is 0 Å². The van der Waals surface area contributed by atoms with Gasteiger partial charge in [-0.3, -0.25) is 9.20 Å². The van der Waals surface area contributed by atoms with E-state index in [9.17, 15) is 13.2 Å². The lowest BCUT2D eigenvalue weighted by molar-refractivity contribution is -0.121. The first-order chi connectivity index (χ1) is 12.0. The molecular formula is C15H15ClN4O3S2. The topological polar surface area (TPSA) is 92.6 Å². The smallest absolute Gasteiger partial charge is 0.242 e. The standard InChI is InChI=1S/C15H15ClN4O3S2/c16-12-3-1-2-4-13(12)25(22,23)18-6-5-14(21)17-9-11-10-20-7-8-24-15(20)19-11/h1-4,7-8,10,18H,5-6,9H2,(H,17,21). The zero-order valence-corrected chi connectivity index (χ0v) is 15.4. The molecule has 132 valence electrons. The van der Waals surface area contributed by atoms with E-state index in [1.807, 2.05) is 22.2 Å². The number of carbonyl (C=O) groups is 1. The van der Waals surface area contributed by atoms with Crippen molar-refractivity contribution in [3.63, 3.8) is 0 Å². The highest BCUT2D eigenvalue weighted by atomic mass is 35.5. The van der Waals surface area contributed by atoms with Crippen LogP contribution < -0.4 is 10.0 Å². The number of thiazole rings is 1. The van der Waals surface area contributed by atoms with Crippen LogP contribution in [0.5, 0.6) is 0 Å². The summed E-state index contributed by atoms with van der Waals surface area (Å²) in [6, 6.07) is 6.14. The maximum Gasteiger partial charge on any atom is 0.242 e. The molecule has 0 bridgehead atoms. The van der Waals surface area contributed by atoms with Gasteiger partial charge in [0.05, 0.1) is 17.3 Å². The second-order valence-corrected chi connectivity index (χ2v) is 8.20. The lowest BCUT2D eigenvalue weighted by atomic mass is 10.4. The number of rotatable bonds is 7. The van der Waals surface area contributed by atoms with Crippen LogP contribution in [-0.4, -0.2) is 30.3 Å². The summed E-state index contributed by atoms with van der Waals surface area (Å²) >= 11 is 7.40. The van der Waals surface area contributed by atoms with Crippen molar-refractivity contribution in [3.8, 4) is 0 Å². The van der Waals surface area contributed by atoms with E-state index < -0.39 is 10.0 Å². The highest BCUT2D eigenvalue weighted by Gasteiger charge is 2.17. The third-order valence-electron chi connectivity index (χ3n) is 3.38. The SMILES string of the molecule is O=C(CCNS(=O)(=O)c1ccccc1Cl)NCc1cn2ccsc2n1. The second-order valence-electron chi connectivity index (χ2n) is 5.18. The normalized spacial score (nSPS) is 11.7. The predicted octanol–water partition coefficient (Wildman–Crippen LogP) is 2.03. The van der Waals surface area contributed by atoms with Crippen molar-refractivity contribution in [2.24, 2.45) is 0 Å². The largest absolute Gasteiger partial charge is 0.350 e. The van der Waals surface area contributed by atoms with E-state index in [2.05, 4.69) is 15.0 Å². The Bertz CT molecular complexity index is 969. The zero-order valence-electron chi connectivity index (χ0n) is 13.0. The Balaban J connectivity index is 1.47. The first kappa shape index (κ1) is 17.9. The molecule has 2 aromatic heterocycles. The number of fused-ring (bicyclic) bond motifs is 1. The van der Waals surface area contributed by atoms with Crippen molar-refractivity contribution < 1.29 is 13.2 Å². The summed E-state index contributed by atoms with van der Waals surface area (Å²) in [6.45, 7) is 0.280. The van der Waals surface area contributed by atoms with Crippen molar-refractivity contribution in [3.05, 3.63) is 52.8 Å². The monoisotopic (exact) mass is 398 g/mol. The van der Waals surface area contributed by atoms with Gasteiger partial charge in [-0.15, -0.1) is 11.3 Å². The number of imidazole rings is 1. The van der Waals surface area contributed by atoms with Gasteiger partial charge in [0.2, 0.25) is 15.9 Å². The number of nitrogens with zero attached hydrogens (tertiary/aromatic N) is 2. The van der Waals surface area contributed by atoms with E-state index in [1.54, 1.807) is 12.1 Å². The second kappa shape index (κ2) is 7.52. The Morgan fingerprint density at radius 1 is 1.32 bits per heavy atom. The minimum absolute atomic E-state index is 0.00449. The molecule has 10 heteroatoms. The summed E-state index contributed by atoms with van der Waals surface area (Å²) < 4.78 is 28.5. The quantitative estimate of drug-likeness (QED) is 0.637. The minimum Gasteiger partial charge on any atom is -0.350 e. The number of sulfonamides is 1. The summed E-state index contributed by atoms with van der Waals surface area (Å²) in [5, 5.41) is 4.78. The summed E-state index contributed by atoms with van der Waals surface area (Å²) in [5.41, 5.74) is 0.747. The molecule has 0 fully saturated rings. The van der Waals surface area contributed by atoms with Crippen LogP contribution in [0.4, 0.5) is 0 Å². The molecule has 0 aliphatic heterocycles. The fourth-order valence-corrected chi connectivity index (χ4v) is 4.45. The van der Waals surface area contributed by atoms with Crippen LogP contribution in [0.25, 0.3) is 4.96 Å². The molecule has 0 aliphatic carbocycles. The molecule has 0 radical (unpaired) electrons. The molecule has 0 saturated heterocycles. The van der Waals surface area contributed by atoms with Gasteiger partial charge in [0, 0.05) is 30.7 Å². The molecule has 3 rings (SSSR count). The van der Waals surface area contributed by atoms with E-state index in [0.29, 0.717) is 6.54 Å². The Hall–Kier alpha value is -1.94. The summed E-state index contributed by atoms with van der Waals surface area (Å²) in [4.78, 5) is 17.1. The third-order valence-corrected chi connectivity index (χ3v) is 6.11. The van der Waals surface area contributed by atoms with Gasteiger partial charge in [-0.25, -0.2) is 18.1 Å². The number of hydrogen-bond acceptors (Lipinski definition) is 5. The van der Waals surface area contributed by atoms with Crippen molar-refractivity contribution in [2.75, 3.05) is 6.54 Å². The maximum absolute atomic E-state index is 12.1. The molecule has 0 unspecified atom stereocenters. The minimum atomic E-state index is -3.74. The predicted molar refractivity (Wildman–Crippen MR) is 96.2 cm³/mol. The lowest BCUT2D eigenvalue weighted by Crippen LogP contribution is -2.30. The molecular weight excluding hydrogens is 384 g/mol. The molecule has 1 aromatic carbocycles. The lowest BCUT2D eigenvalue weighted by Gasteiger charge is -2.08. The fourth-order valence-electron chi connectivity index (χ4n) is 2.18. The van der Waals surface area contributed by atoms with Crippen LogP contribution in [0.2, 0.25) is 5.02 Å².